The molecule has 5 heteroatoms. The molecule has 1 saturated heterocycles. The zero-order chi connectivity index (χ0) is 14.4. The highest BCUT2D eigenvalue weighted by atomic mass is 16.5. The van der Waals surface area contributed by atoms with Crippen molar-refractivity contribution in [3.05, 3.63) is 17.7 Å². The molecule has 5 nitrogen and oxygen atoms in total. The summed E-state index contributed by atoms with van der Waals surface area (Å²) in [5.74, 6) is 2.08. The van der Waals surface area contributed by atoms with E-state index in [1.807, 2.05) is 18.3 Å². The molecular formula is C15H21NO4. The van der Waals surface area contributed by atoms with E-state index in [-0.39, 0.29) is 0 Å². The second-order valence-corrected chi connectivity index (χ2v) is 4.57. The minimum absolute atomic E-state index is 0.306. The first-order chi connectivity index (χ1) is 9.78. The van der Waals surface area contributed by atoms with Crippen LogP contribution in [-0.4, -0.2) is 46.8 Å². The van der Waals surface area contributed by atoms with Crippen molar-refractivity contribution in [1.29, 1.82) is 0 Å². The van der Waals surface area contributed by atoms with E-state index in [0.717, 1.165) is 31.6 Å². The third-order valence-electron chi connectivity index (χ3n) is 3.36. The van der Waals surface area contributed by atoms with Gasteiger partial charge in [-0.05, 0) is 12.8 Å². The third-order valence-corrected chi connectivity index (χ3v) is 3.36. The lowest BCUT2D eigenvalue weighted by Crippen LogP contribution is -2.18. The van der Waals surface area contributed by atoms with Gasteiger partial charge in [0.2, 0.25) is 0 Å². The number of ether oxygens (including phenoxy) is 4. The number of aliphatic imine (C=N–C) groups is 1. The monoisotopic (exact) mass is 279 g/mol. The highest BCUT2D eigenvalue weighted by molar-refractivity contribution is 5.88. The van der Waals surface area contributed by atoms with Crippen molar-refractivity contribution in [3.63, 3.8) is 0 Å². The van der Waals surface area contributed by atoms with E-state index in [0.29, 0.717) is 23.3 Å². The molecule has 0 atom stereocenters. The maximum absolute atomic E-state index is 5.39. The van der Waals surface area contributed by atoms with Crippen LogP contribution >= 0.6 is 0 Å². The molecule has 0 amide bonds. The van der Waals surface area contributed by atoms with Gasteiger partial charge in [0.15, 0.2) is 0 Å². The molecule has 0 saturated carbocycles. The summed E-state index contributed by atoms with van der Waals surface area (Å²) in [6.45, 7) is 1.55. The van der Waals surface area contributed by atoms with Gasteiger partial charge in [0.25, 0.3) is 0 Å². The van der Waals surface area contributed by atoms with E-state index in [1.165, 1.54) is 0 Å². The van der Waals surface area contributed by atoms with Gasteiger partial charge in [0.1, 0.15) is 17.2 Å². The van der Waals surface area contributed by atoms with Gasteiger partial charge in [0.05, 0.1) is 32.9 Å². The number of nitrogens with zero attached hydrogens (tertiary/aromatic N) is 1. The van der Waals surface area contributed by atoms with Crippen molar-refractivity contribution in [3.8, 4) is 17.2 Å². The van der Waals surface area contributed by atoms with Crippen LogP contribution in [0.2, 0.25) is 0 Å². The van der Waals surface area contributed by atoms with Crippen LogP contribution in [0.25, 0.3) is 0 Å². The first kappa shape index (κ1) is 14.7. The molecule has 0 aromatic heterocycles. The van der Waals surface area contributed by atoms with Crippen molar-refractivity contribution in [2.75, 3.05) is 34.5 Å². The molecule has 0 spiro atoms. The summed E-state index contributed by atoms with van der Waals surface area (Å²) in [5, 5.41) is 0. The third kappa shape index (κ3) is 3.42. The average molecular weight is 279 g/mol. The number of benzene rings is 1. The van der Waals surface area contributed by atoms with E-state index in [4.69, 9.17) is 18.9 Å². The summed E-state index contributed by atoms with van der Waals surface area (Å²) in [5.41, 5.74) is 0.835. The van der Waals surface area contributed by atoms with Crippen LogP contribution in [0.1, 0.15) is 18.4 Å². The summed E-state index contributed by atoms with van der Waals surface area (Å²) in [4.78, 5) is 4.62. The number of hydrogen-bond acceptors (Lipinski definition) is 5. The topological polar surface area (TPSA) is 49.3 Å². The number of hydrogen-bond donors (Lipinski definition) is 0. The van der Waals surface area contributed by atoms with Gasteiger partial charge in [-0.15, -0.1) is 0 Å². The van der Waals surface area contributed by atoms with Crippen LogP contribution in [0.3, 0.4) is 0 Å². The summed E-state index contributed by atoms with van der Waals surface area (Å²) < 4.78 is 21.3. The lowest BCUT2D eigenvalue weighted by Gasteiger charge is -2.18. The van der Waals surface area contributed by atoms with Gasteiger partial charge in [0, 0.05) is 31.6 Å². The molecule has 0 bridgehead atoms. The van der Waals surface area contributed by atoms with Gasteiger partial charge >= 0.3 is 0 Å². The van der Waals surface area contributed by atoms with Gasteiger partial charge in [-0.3, -0.25) is 4.99 Å². The van der Waals surface area contributed by atoms with Gasteiger partial charge < -0.3 is 18.9 Å². The predicted molar refractivity (Wildman–Crippen MR) is 77.5 cm³/mol. The Morgan fingerprint density at radius 3 is 2.15 bits per heavy atom. The molecule has 1 aliphatic heterocycles. The maximum atomic E-state index is 5.39. The summed E-state index contributed by atoms with van der Waals surface area (Å²) in [6.07, 6.45) is 3.74. The van der Waals surface area contributed by atoms with Crippen LogP contribution in [0.4, 0.5) is 0 Å². The van der Waals surface area contributed by atoms with Crippen molar-refractivity contribution in [2.45, 2.75) is 18.9 Å². The van der Waals surface area contributed by atoms with Crippen molar-refractivity contribution in [1.82, 2.24) is 0 Å². The number of methoxy groups -OCH3 is 3. The average Bonchev–Trinajstić information content (AvgIpc) is 2.52. The van der Waals surface area contributed by atoms with Crippen molar-refractivity contribution < 1.29 is 18.9 Å². The minimum atomic E-state index is 0.306. The maximum Gasteiger partial charge on any atom is 0.135 e. The fourth-order valence-electron chi connectivity index (χ4n) is 2.17. The van der Waals surface area contributed by atoms with Crippen molar-refractivity contribution >= 4 is 6.21 Å². The first-order valence-electron chi connectivity index (χ1n) is 6.69. The van der Waals surface area contributed by atoms with Gasteiger partial charge in [-0.1, -0.05) is 0 Å². The molecule has 110 valence electrons. The fourth-order valence-corrected chi connectivity index (χ4v) is 2.17. The highest BCUT2D eigenvalue weighted by Crippen LogP contribution is 2.32. The fraction of sp³-hybridized carbons (Fsp3) is 0.533. The van der Waals surface area contributed by atoms with Crippen LogP contribution in [0, 0.1) is 0 Å². The molecule has 0 N–H and O–H groups in total. The van der Waals surface area contributed by atoms with Crippen LogP contribution in [-0.2, 0) is 4.74 Å². The number of rotatable bonds is 5. The molecule has 1 aliphatic rings. The Labute approximate surface area is 119 Å². The van der Waals surface area contributed by atoms with Crippen LogP contribution in [0.15, 0.2) is 17.1 Å². The van der Waals surface area contributed by atoms with Gasteiger partial charge in [-0.2, -0.15) is 0 Å². The molecule has 1 heterocycles. The molecule has 0 unspecified atom stereocenters. The summed E-state index contributed by atoms with van der Waals surface area (Å²) in [6, 6.07) is 3.96. The highest BCUT2D eigenvalue weighted by Gasteiger charge is 2.14. The minimum Gasteiger partial charge on any atom is -0.496 e. The zero-order valence-corrected chi connectivity index (χ0v) is 12.2. The molecule has 1 fully saturated rings. The smallest absolute Gasteiger partial charge is 0.135 e. The van der Waals surface area contributed by atoms with Gasteiger partial charge in [-0.25, -0.2) is 0 Å². The SMILES string of the molecule is COc1cc(OC)c(C=NC2CCOCC2)c(OC)c1. The van der Waals surface area contributed by atoms with Crippen LogP contribution in [0.5, 0.6) is 17.2 Å². The molecule has 0 aliphatic carbocycles. The molecule has 0 radical (unpaired) electrons. The zero-order valence-electron chi connectivity index (χ0n) is 12.2. The Balaban J connectivity index is 2.26. The van der Waals surface area contributed by atoms with E-state index in [1.54, 1.807) is 21.3 Å². The molecule has 1 aromatic carbocycles. The largest absolute Gasteiger partial charge is 0.496 e. The lowest BCUT2D eigenvalue weighted by molar-refractivity contribution is 0.0872. The molecular weight excluding hydrogens is 258 g/mol. The Morgan fingerprint density at radius 2 is 1.65 bits per heavy atom. The molecule has 20 heavy (non-hydrogen) atoms. The Hall–Kier alpha value is -1.75. The lowest BCUT2D eigenvalue weighted by atomic mass is 10.1. The predicted octanol–water partition coefficient (Wildman–Crippen LogP) is 2.31. The Morgan fingerprint density at radius 1 is 1.05 bits per heavy atom. The van der Waals surface area contributed by atoms with Crippen molar-refractivity contribution in [2.24, 2.45) is 4.99 Å². The normalized spacial score (nSPS) is 16.4. The Kier molecular flexibility index (Phi) is 5.24. The second kappa shape index (κ2) is 7.14. The Bertz CT molecular complexity index is 442. The standard InChI is InChI=1S/C15H21NO4/c1-17-12-8-14(18-2)13(15(9-12)19-3)10-16-11-4-6-20-7-5-11/h8-11H,4-7H2,1-3H3. The summed E-state index contributed by atoms with van der Waals surface area (Å²) >= 11 is 0. The van der Waals surface area contributed by atoms with E-state index < -0.39 is 0 Å². The first-order valence-corrected chi connectivity index (χ1v) is 6.69. The van der Waals surface area contributed by atoms with E-state index in [9.17, 15) is 0 Å². The van der Waals surface area contributed by atoms with Crippen LogP contribution < -0.4 is 14.2 Å². The quantitative estimate of drug-likeness (QED) is 0.776. The van der Waals surface area contributed by atoms with E-state index >= 15 is 0 Å². The molecule has 1 aromatic rings. The molecule has 2 rings (SSSR count). The second-order valence-electron chi connectivity index (χ2n) is 4.57. The van der Waals surface area contributed by atoms with E-state index in [2.05, 4.69) is 4.99 Å². The summed E-state index contributed by atoms with van der Waals surface area (Å²) in [7, 11) is 4.87.